The molecule has 0 unspecified atom stereocenters. The Labute approximate surface area is 448 Å². The lowest BCUT2D eigenvalue weighted by atomic mass is 10.1. The summed E-state index contributed by atoms with van der Waals surface area (Å²) in [5.74, 6) is -11.5. The molecule has 434 valence electrons. The minimum atomic E-state index is -1.82. The number of aromatic nitrogens is 2. The van der Waals surface area contributed by atoms with Crippen LogP contribution >= 0.6 is 11.8 Å². The number of quaternary nitrogens is 2. The molecule has 77 heavy (non-hydrogen) atoms. The van der Waals surface area contributed by atoms with Crippen LogP contribution in [0, 0.1) is 5.92 Å². The molecule has 1 aromatic heterocycles. The predicted octanol–water partition coefficient (Wildman–Crippen LogP) is -9.38. The molecule has 0 bridgehead atoms. The van der Waals surface area contributed by atoms with Crippen molar-refractivity contribution in [3.05, 3.63) is 18.2 Å². The first-order valence-electron chi connectivity index (χ1n) is 24.7. The molecular weight excluding hydrogens is 1040 g/mol. The van der Waals surface area contributed by atoms with Crippen molar-refractivity contribution in [1.82, 2.24) is 63.1 Å². The molecule has 31 nitrogen and oxygen atoms in total. The monoisotopic (exact) mass is 1120 g/mol. The van der Waals surface area contributed by atoms with Crippen molar-refractivity contribution in [1.29, 1.82) is 0 Å². The van der Waals surface area contributed by atoms with Crippen LogP contribution in [0.4, 0.5) is 0 Å². The van der Waals surface area contributed by atoms with Gasteiger partial charge in [0, 0.05) is 30.7 Å². The Balaban J connectivity index is 3.22. The number of carboxylic acids is 1. The van der Waals surface area contributed by atoms with Gasteiger partial charge in [-0.05, 0) is 64.9 Å². The van der Waals surface area contributed by atoms with E-state index in [1.165, 1.54) is 24.3 Å². The molecule has 1 rings (SSSR count). The van der Waals surface area contributed by atoms with Crippen LogP contribution in [0.2, 0.25) is 0 Å². The number of nitrogens with zero attached hydrogens (tertiary/aromatic N) is 1. The first-order chi connectivity index (χ1) is 36.2. The number of aliphatic hydroxyl groups is 3. The summed E-state index contributed by atoms with van der Waals surface area (Å²) in [6.07, 6.45) is 0.899. The van der Waals surface area contributed by atoms with E-state index < -0.39 is 170 Å². The lowest BCUT2D eigenvalue weighted by Gasteiger charge is -2.27. The van der Waals surface area contributed by atoms with E-state index in [0.717, 1.165) is 20.8 Å². The van der Waals surface area contributed by atoms with Gasteiger partial charge in [0.05, 0.1) is 44.8 Å². The van der Waals surface area contributed by atoms with Crippen molar-refractivity contribution in [3.63, 3.8) is 0 Å². The number of aromatic amines is 1. The zero-order chi connectivity index (χ0) is 58.5. The van der Waals surface area contributed by atoms with Gasteiger partial charge in [0.25, 0.3) is 5.91 Å². The molecule has 0 spiro atoms. The van der Waals surface area contributed by atoms with Crippen LogP contribution < -0.4 is 70.4 Å². The number of aliphatic hydroxyl groups excluding tert-OH is 3. The van der Waals surface area contributed by atoms with Crippen LogP contribution in [0.15, 0.2) is 12.5 Å². The van der Waals surface area contributed by atoms with Crippen molar-refractivity contribution in [2.24, 2.45) is 11.7 Å². The second kappa shape index (κ2) is 35.4. The summed E-state index contributed by atoms with van der Waals surface area (Å²) in [5, 5.41) is 63.6. The Hall–Kier alpha value is -7.00. The smallest absolute Gasteiger partial charge is 0.325 e. The van der Waals surface area contributed by atoms with Gasteiger partial charge in [-0.1, -0.05) is 13.8 Å². The zero-order valence-electron chi connectivity index (χ0n) is 44.1. The van der Waals surface area contributed by atoms with Crippen molar-refractivity contribution in [3.8, 4) is 0 Å². The molecule has 1 heterocycles. The Bertz CT molecular complexity index is 2150. The van der Waals surface area contributed by atoms with Crippen molar-refractivity contribution >= 4 is 82.7 Å². The summed E-state index contributed by atoms with van der Waals surface area (Å²) in [7, 11) is 0. The van der Waals surface area contributed by atoms with Crippen LogP contribution in [0.3, 0.4) is 0 Å². The Morgan fingerprint density at radius 3 is 1.66 bits per heavy atom. The van der Waals surface area contributed by atoms with Gasteiger partial charge < -0.3 is 95.8 Å². The van der Waals surface area contributed by atoms with Gasteiger partial charge in [-0.15, -0.1) is 0 Å². The van der Waals surface area contributed by atoms with E-state index in [9.17, 15) is 72.9 Å². The minimum Gasteiger partial charge on any atom is -0.480 e. The average Bonchev–Trinajstić information content (AvgIpc) is 3.89. The number of thioether (sulfide) groups is 1. The molecule has 0 radical (unpaired) electrons. The molecule has 0 saturated carbocycles. The summed E-state index contributed by atoms with van der Waals surface area (Å²) < 4.78 is 0. The van der Waals surface area contributed by atoms with Gasteiger partial charge in [-0.2, -0.15) is 11.8 Å². The van der Waals surface area contributed by atoms with Crippen LogP contribution in [0.1, 0.15) is 78.8 Å². The Morgan fingerprint density at radius 2 is 1.13 bits per heavy atom. The number of aliphatic carboxylic acids is 1. The second-order valence-corrected chi connectivity index (χ2v) is 19.3. The number of hydrogen-bond donors (Lipinski definition) is 18. The largest absolute Gasteiger partial charge is 0.480 e. The Kier molecular flexibility index (Phi) is 31.2. The number of rotatable bonds is 37. The number of nitrogens with two attached hydrogens (primary N) is 1. The maximum absolute atomic E-state index is 13.9. The summed E-state index contributed by atoms with van der Waals surface area (Å²) in [6, 6.07) is -13.1. The zero-order valence-corrected chi connectivity index (χ0v) is 44.9. The fourth-order valence-electron chi connectivity index (χ4n) is 6.74. The molecule has 32 heteroatoms. The quantitative estimate of drug-likeness (QED) is 0.0275. The molecule has 0 aliphatic carbocycles. The average molecular weight is 1120 g/mol. The highest BCUT2D eigenvalue weighted by Gasteiger charge is 2.36. The van der Waals surface area contributed by atoms with Crippen molar-refractivity contribution in [2.45, 2.75) is 146 Å². The first-order valence-corrected chi connectivity index (χ1v) is 26.1. The topological polar surface area (TPSA) is 516 Å². The maximum atomic E-state index is 13.9. The molecule has 23 N–H and O–H groups in total. The third-order valence-electron chi connectivity index (χ3n) is 11.5. The van der Waals surface area contributed by atoms with Crippen LogP contribution in [-0.2, 0) is 64.0 Å². The Morgan fingerprint density at radius 1 is 0.636 bits per heavy atom. The molecule has 0 fully saturated rings. The third kappa shape index (κ3) is 25.6. The molecular formula is C45H79N15O16S+2. The number of primary amides is 1. The van der Waals surface area contributed by atoms with E-state index in [1.54, 1.807) is 20.1 Å². The fourth-order valence-corrected chi connectivity index (χ4v) is 7.21. The molecule has 0 saturated heterocycles. The number of H-pyrrole nitrogens is 1. The highest BCUT2D eigenvalue weighted by molar-refractivity contribution is 7.98. The van der Waals surface area contributed by atoms with E-state index in [2.05, 4.69) is 74.6 Å². The lowest BCUT2D eigenvalue weighted by molar-refractivity contribution is -0.414. The minimum absolute atomic E-state index is 0.0383. The number of unbranched alkanes of at least 4 members (excludes halogenated alkanes) is 1. The van der Waals surface area contributed by atoms with Crippen LogP contribution in [0.25, 0.3) is 0 Å². The summed E-state index contributed by atoms with van der Waals surface area (Å²) in [4.78, 5) is 162. The van der Waals surface area contributed by atoms with E-state index in [1.807, 2.05) is 0 Å². The number of hydrogen-bond acceptors (Lipinski definition) is 17. The number of carbonyl (C=O) groups is 12. The highest BCUT2D eigenvalue weighted by atomic mass is 32.2. The predicted molar refractivity (Wildman–Crippen MR) is 272 cm³/mol. The van der Waals surface area contributed by atoms with Gasteiger partial charge in [-0.3, -0.25) is 57.5 Å². The van der Waals surface area contributed by atoms with Crippen molar-refractivity contribution in [2.75, 3.05) is 38.2 Å². The molecule has 0 aliphatic rings. The van der Waals surface area contributed by atoms with E-state index in [4.69, 9.17) is 10.8 Å². The van der Waals surface area contributed by atoms with Crippen molar-refractivity contribution < 1.29 is 89.4 Å². The van der Waals surface area contributed by atoms with E-state index >= 15 is 0 Å². The van der Waals surface area contributed by atoms with Crippen LogP contribution in [0.5, 0.6) is 0 Å². The standard InChI is InChI=1S/C45H77N15O16S/c1-21(2)34(48)42(72)51-17-32(65)54-28(12-14-77-6)38(68)57-29(15-25-16-49-20-52-25)40(70)58-30(19-61)41(71)55-26(9-7-8-13-46)37(67)50-18-33(66)59-35(23(4)62)44(74)56-27(10-11-31(47)64)39(69)60-36(24(5)63)43(73)53-22(3)45(75)76/h16,20-24,26-30,34-36,61-63H,7-15,17-19,46,48H2,1-6H3,(H2,47,64)(H,49,52)(H,50,67)(H,51,72)(H,53,73)(H,54,65)(H,55,71)(H,56,74)(H,57,68)(H,58,70)(H,59,66)(H,60,69)(H,75,76)/p+2/t22-,23+,24+,26-,27-,28-,29-,30-,34-,35-,36-/m0/s1. The van der Waals surface area contributed by atoms with E-state index in [0.29, 0.717) is 30.8 Å². The molecule has 11 atom stereocenters. The molecule has 0 aliphatic heterocycles. The SMILES string of the molecule is CSCC[C@H](NC(=O)CNC(=O)[C@@H]([NH3+])C(C)C)C(=O)N[C@@H](Cc1cnc[nH]1)C(=O)N[C@@H](CO)C(=O)N[C@@H](CCCC[NH3+])C(=O)NCC(=O)N[C@H](C(=O)N[C@@H](CCC(N)=O)C(=O)N[C@H](C(=O)N[C@@H](C)C(=O)O)[C@@H](C)O)[C@@H](C)O. The molecule has 0 aromatic carbocycles. The number of carboxylic acid groups (broad SMARTS) is 1. The second-order valence-electron chi connectivity index (χ2n) is 18.3. The van der Waals surface area contributed by atoms with Gasteiger partial charge >= 0.3 is 5.97 Å². The number of carbonyl (C=O) groups excluding carboxylic acids is 11. The summed E-state index contributed by atoms with van der Waals surface area (Å²) >= 11 is 1.38. The molecule has 1 aromatic rings. The van der Waals surface area contributed by atoms with E-state index in [-0.39, 0.29) is 25.2 Å². The first kappa shape index (κ1) is 68.0. The fraction of sp³-hybridized carbons (Fsp3) is 0.667. The van der Waals surface area contributed by atoms with Gasteiger partial charge in [-0.25, -0.2) is 4.98 Å². The number of imidazole rings is 1. The van der Waals surface area contributed by atoms with Gasteiger partial charge in [0.15, 0.2) is 6.04 Å². The molecule has 11 amide bonds. The van der Waals surface area contributed by atoms with Gasteiger partial charge in [0.2, 0.25) is 59.1 Å². The normalized spacial score (nSPS) is 15.4. The lowest BCUT2D eigenvalue weighted by Crippen LogP contribution is -2.70. The third-order valence-corrected chi connectivity index (χ3v) is 12.1. The maximum Gasteiger partial charge on any atom is 0.325 e. The highest BCUT2D eigenvalue weighted by Crippen LogP contribution is 2.08. The van der Waals surface area contributed by atoms with Gasteiger partial charge in [0.1, 0.15) is 48.3 Å². The summed E-state index contributed by atoms with van der Waals surface area (Å²) in [6.45, 7) is 5.02. The summed E-state index contributed by atoms with van der Waals surface area (Å²) in [5.41, 5.74) is 13.2. The van der Waals surface area contributed by atoms with Crippen LogP contribution in [-0.4, -0.2) is 206 Å². The number of amides is 11. The number of nitrogens with one attached hydrogen (secondary N) is 11.